The molecule has 0 bridgehead atoms. The van der Waals surface area contributed by atoms with Crippen LogP contribution in [-0.2, 0) is 11.2 Å². The van der Waals surface area contributed by atoms with Crippen LogP contribution in [0.5, 0.6) is 5.75 Å². The van der Waals surface area contributed by atoms with Gasteiger partial charge in [-0.05, 0) is 43.9 Å². The minimum atomic E-state index is -0.493. The van der Waals surface area contributed by atoms with Crippen LogP contribution in [0, 0.1) is 5.92 Å². The summed E-state index contributed by atoms with van der Waals surface area (Å²) in [5.74, 6) is 1.05. The fraction of sp³-hybridized carbons (Fsp3) is 0.562. The monoisotopic (exact) mass is 278 g/mol. The van der Waals surface area contributed by atoms with Crippen molar-refractivity contribution in [2.24, 2.45) is 11.7 Å². The van der Waals surface area contributed by atoms with Gasteiger partial charge in [0.15, 0.2) is 6.10 Å². The standard InChI is InChI=1S/C16H26N2O2/c1-11(2)10-18-16(19)13(4)20-15-7-5-14(6-8-15)9-12(3)17/h5-8,11-13H,9-10,17H2,1-4H3,(H,18,19). The molecule has 0 saturated heterocycles. The predicted molar refractivity (Wildman–Crippen MR) is 81.7 cm³/mol. The Morgan fingerprint density at radius 2 is 1.80 bits per heavy atom. The molecule has 0 radical (unpaired) electrons. The van der Waals surface area contributed by atoms with Crippen molar-refractivity contribution in [3.05, 3.63) is 29.8 Å². The van der Waals surface area contributed by atoms with Crippen LogP contribution in [-0.4, -0.2) is 24.6 Å². The molecule has 112 valence electrons. The Kier molecular flexibility index (Phi) is 6.52. The third-order valence-electron chi connectivity index (χ3n) is 2.85. The molecule has 1 amide bonds. The van der Waals surface area contributed by atoms with Crippen LogP contribution < -0.4 is 15.8 Å². The van der Waals surface area contributed by atoms with Crippen molar-refractivity contribution in [3.8, 4) is 5.75 Å². The quantitative estimate of drug-likeness (QED) is 0.803. The van der Waals surface area contributed by atoms with Crippen molar-refractivity contribution in [2.75, 3.05) is 6.54 Å². The molecule has 0 aromatic heterocycles. The zero-order valence-electron chi connectivity index (χ0n) is 12.8. The van der Waals surface area contributed by atoms with Gasteiger partial charge in [-0.2, -0.15) is 0 Å². The topological polar surface area (TPSA) is 64.3 Å². The number of benzene rings is 1. The van der Waals surface area contributed by atoms with Crippen molar-refractivity contribution in [1.82, 2.24) is 5.32 Å². The number of carbonyl (C=O) groups is 1. The molecule has 1 rings (SSSR count). The lowest BCUT2D eigenvalue weighted by molar-refractivity contribution is -0.127. The molecule has 0 spiro atoms. The Morgan fingerprint density at radius 3 is 2.30 bits per heavy atom. The molecule has 0 heterocycles. The summed E-state index contributed by atoms with van der Waals surface area (Å²) in [6.07, 6.45) is 0.345. The second-order valence-corrected chi connectivity index (χ2v) is 5.72. The van der Waals surface area contributed by atoms with Gasteiger partial charge in [-0.3, -0.25) is 4.79 Å². The maximum atomic E-state index is 11.8. The molecular weight excluding hydrogens is 252 g/mol. The molecule has 0 saturated carbocycles. The van der Waals surface area contributed by atoms with E-state index in [2.05, 4.69) is 19.2 Å². The molecule has 1 aromatic carbocycles. The third-order valence-corrected chi connectivity index (χ3v) is 2.85. The van der Waals surface area contributed by atoms with Crippen LogP contribution in [0.1, 0.15) is 33.3 Å². The molecule has 4 nitrogen and oxygen atoms in total. The van der Waals surface area contributed by atoms with E-state index < -0.39 is 6.10 Å². The largest absolute Gasteiger partial charge is 0.481 e. The molecular formula is C16H26N2O2. The Labute approximate surface area is 121 Å². The second kappa shape index (κ2) is 7.90. The highest BCUT2D eigenvalue weighted by Gasteiger charge is 2.14. The van der Waals surface area contributed by atoms with E-state index in [1.807, 2.05) is 31.2 Å². The number of hydrogen-bond donors (Lipinski definition) is 2. The highest BCUT2D eigenvalue weighted by atomic mass is 16.5. The average molecular weight is 278 g/mol. The average Bonchev–Trinajstić information content (AvgIpc) is 2.37. The van der Waals surface area contributed by atoms with E-state index in [4.69, 9.17) is 10.5 Å². The highest BCUT2D eigenvalue weighted by molar-refractivity contribution is 5.80. The molecule has 0 aliphatic heterocycles. The van der Waals surface area contributed by atoms with E-state index in [0.29, 0.717) is 18.2 Å². The third kappa shape index (κ3) is 6.06. The SMILES string of the molecule is CC(C)CNC(=O)C(C)Oc1ccc(CC(C)N)cc1. The van der Waals surface area contributed by atoms with Crippen LogP contribution in [0.4, 0.5) is 0 Å². The van der Waals surface area contributed by atoms with Crippen LogP contribution in [0.15, 0.2) is 24.3 Å². The van der Waals surface area contributed by atoms with E-state index in [9.17, 15) is 4.79 Å². The maximum absolute atomic E-state index is 11.8. The molecule has 2 unspecified atom stereocenters. The summed E-state index contributed by atoms with van der Waals surface area (Å²) in [5, 5.41) is 2.86. The maximum Gasteiger partial charge on any atom is 0.260 e. The Morgan fingerprint density at radius 1 is 1.20 bits per heavy atom. The summed E-state index contributed by atoms with van der Waals surface area (Å²) in [6.45, 7) is 8.52. The molecule has 3 N–H and O–H groups in total. The van der Waals surface area contributed by atoms with E-state index in [1.165, 1.54) is 5.56 Å². The van der Waals surface area contributed by atoms with Gasteiger partial charge < -0.3 is 15.8 Å². The van der Waals surface area contributed by atoms with Crippen LogP contribution in [0.25, 0.3) is 0 Å². The number of nitrogens with one attached hydrogen (secondary N) is 1. The summed E-state index contributed by atoms with van der Waals surface area (Å²) in [6, 6.07) is 7.87. The Bertz CT molecular complexity index is 413. The smallest absolute Gasteiger partial charge is 0.260 e. The normalized spacial score (nSPS) is 13.9. The van der Waals surface area contributed by atoms with Crippen LogP contribution >= 0.6 is 0 Å². The van der Waals surface area contributed by atoms with E-state index >= 15 is 0 Å². The first kappa shape index (κ1) is 16.5. The fourth-order valence-electron chi connectivity index (χ4n) is 1.78. The summed E-state index contributed by atoms with van der Waals surface area (Å²) >= 11 is 0. The van der Waals surface area contributed by atoms with Gasteiger partial charge in [0.05, 0.1) is 0 Å². The summed E-state index contributed by atoms with van der Waals surface area (Å²) in [4.78, 5) is 11.8. The Hall–Kier alpha value is -1.55. The zero-order valence-corrected chi connectivity index (χ0v) is 12.8. The lowest BCUT2D eigenvalue weighted by atomic mass is 10.1. The number of nitrogens with two attached hydrogens (primary N) is 1. The summed E-state index contributed by atoms with van der Waals surface area (Å²) < 4.78 is 5.63. The molecule has 4 heteroatoms. The molecule has 0 fully saturated rings. The van der Waals surface area contributed by atoms with Gasteiger partial charge in [0.2, 0.25) is 0 Å². The first-order chi connectivity index (χ1) is 9.38. The van der Waals surface area contributed by atoms with Crippen LogP contribution in [0.2, 0.25) is 0 Å². The van der Waals surface area contributed by atoms with Crippen LogP contribution in [0.3, 0.4) is 0 Å². The van der Waals surface area contributed by atoms with Gasteiger partial charge in [-0.1, -0.05) is 26.0 Å². The van der Waals surface area contributed by atoms with Gasteiger partial charge >= 0.3 is 0 Å². The lowest BCUT2D eigenvalue weighted by Crippen LogP contribution is -2.38. The van der Waals surface area contributed by atoms with Gasteiger partial charge in [-0.25, -0.2) is 0 Å². The molecule has 20 heavy (non-hydrogen) atoms. The number of hydrogen-bond acceptors (Lipinski definition) is 3. The first-order valence-electron chi connectivity index (χ1n) is 7.17. The minimum absolute atomic E-state index is 0.0849. The van der Waals surface area contributed by atoms with Gasteiger partial charge in [0.25, 0.3) is 5.91 Å². The number of carbonyl (C=O) groups excluding carboxylic acids is 1. The zero-order chi connectivity index (χ0) is 15.1. The highest BCUT2D eigenvalue weighted by Crippen LogP contribution is 2.14. The van der Waals surface area contributed by atoms with Gasteiger partial charge in [-0.15, -0.1) is 0 Å². The summed E-state index contributed by atoms with van der Waals surface area (Å²) in [5.41, 5.74) is 6.93. The lowest BCUT2D eigenvalue weighted by Gasteiger charge is -2.16. The van der Waals surface area contributed by atoms with Crippen molar-refractivity contribution in [2.45, 2.75) is 46.3 Å². The van der Waals surface area contributed by atoms with Crippen molar-refractivity contribution in [1.29, 1.82) is 0 Å². The first-order valence-corrected chi connectivity index (χ1v) is 7.17. The summed E-state index contributed by atoms with van der Waals surface area (Å²) in [7, 11) is 0. The molecule has 0 aliphatic rings. The van der Waals surface area contributed by atoms with Gasteiger partial charge in [0.1, 0.15) is 5.75 Å². The van der Waals surface area contributed by atoms with Crippen molar-refractivity contribution in [3.63, 3.8) is 0 Å². The number of rotatable bonds is 7. The predicted octanol–water partition coefficient (Wildman–Crippen LogP) is 2.12. The van der Waals surface area contributed by atoms with Gasteiger partial charge in [0, 0.05) is 12.6 Å². The van der Waals surface area contributed by atoms with Crippen molar-refractivity contribution >= 4 is 5.91 Å². The second-order valence-electron chi connectivity index (χ2n) is 5.72. The van der Waals surface area contributed by atoms with E-state index in [0.717, 1.165) is 6.42 Å². The minimum Gasteiger partial charge on any atom is -0.481 e. The molecule has 2 atom stereocenters. The fourth-order valence-corrected chi connectivity index (χ4v) is 1.78. The number of amides is 1. The van der Waals surface area contributed by atoms with E-state index in [-0.39, 0.29) is 11.9 Å². The molecule has 0 aliphatic carbocycles. The Balaban J connectivity index is 2.49. The van der Waals surface area contributed by atoms with E-state index in [1.54, 1.807) is 6.92 Å². The number of ether oxygens (including phenoxy) is 1. The molecule has 1 aromatic rings. The van der Waals surface area contributed by atoms with Crippen molar-refractivity contribution < 1.29 is 9.53 Å².